The van der Waals surface area contributed by atoms with Crippen molar-refractivity contribution in [1.29, 1.82) is 0 Å². The van der Waals surface area contributed by atoms with Crippen molar-refractivity contribution in [2.75, 3.05) is 13.6 Å². The Labute approximate surface area is 186 Å². The van der Waals surface area contributed by atoms with Gasteiger partial charge >= 0.3 is 0 Å². The van der Waals surface area contributed by atoms with E-state index in [-0.39, 0.29) is 21.2 Å². The Morgan fingerprint density at radius 1 is 0.938 bits per heavy atom. The fraction of sp³-hybridized carbons (Fsp3) is 0.292. The first-order valence-electron chi connectivity index (χ1n) is 10.6. The lowest BCUT2D eigenvalue weighted by molar-refractivity contribution is -0.940. The zero-order chi connectivity index (χ0) is 22.7. The Kier molecular flexibility index (Phi) is 5.96. The van der Waals surface area contributed by atoms with Crippen LogP contribution < -0.4 is 4.57 Å². The van der Waals surface area contributed by atoms with Crippen molar-refractivity contribution in [1.82, 2.24) is 0 Å². The largest absolute Gasteiger partial charge is 0.316 e. The van der Waals surface area contributed by atoms with Crippen LogP contribution in [0.15, 0.2) is 73.1 Å². The average Bonchev–Trinajstić information content (AvgIpc) is 3.15. The molecule has 8 nitrogen and oxygen atoms in total. The number of hydrogen-bond donors (Lipinski definition) is 0. The number of rotatable bonds is 7. The third kappa shape index (κ3) is 4.65. The topological polar surface area (TPSA) is 90.2 Å². The first-order valence-corrected chi connectivity index (χ1v) is 10.6. The highest BCUT2D eigenvalue weighted by molar-refractivity contribution is 5.33. The monoisotopic (exact) mass is 434 g/mol. The van der Waals surface area contributed by atoms with Crippen LogP contribution in [-0.2, 0) is 13.1 Å². The molecule has 4 rings (SSSR count). The predicted molar refractivity (Wildman–Crippen MR) is 119 cm³/mol. The van der Waals surface area contributed by atoms with E-state index in [1.54, 1.807) is 24.3 Å². The molecule has 0 N–H and O–H groups in total. The third-order valence-electron chi connectivity index (χ3n) is 6.37. The summed E-state index contributed by atoms with van der Waals surface area (Å²) in [6.07, 6.45) is 6.40. The van der Waals surface area contributed by atoms with Crippen LogP contribution in [0.3, 0.4) is 0 Å². The number of nitro groups is 2. The maximum Gasteiger partial charge on any atom is 0.269 e. The van der Waals surface area contributed by atoms with Crippen molar-refractivity contribution in [2.45, 2.75) is 32.0 Å². The molecule has 32 heavy (non-hydrogen) atoms. The highest BCUT2D eigenvalue weighted by atomic mass is 16.6. The van der Waals surface area contributed by atoms with Gasteiger partial charge in [-0.1, -0.05) is 0 Å². The first kappa shape index (κ1) is 21.6. The Morgan fingerprint density at radius 2 is 1.53 bits per heavy atom. The molecule has 1 unspecified atom stereocenters. The summed E-state index contributed by atoms with van der Waals surface area (Å²) in [7, 11) is 2.26. The quantitative estimate of drug-likeness (QED) is 0.240. The molecule has 2 aromatic carbocycles. The minimum absolute atomic E-state index is 0.0952. The lowest BCUT2D eigenvalue weighted by Crippen LogP contribution is -2.43. The molecule has 0 radical (unpaired) electrons. The molecule has 1 fully saturated rings. The van der Waals surface area contributed by atoms with Gasteiger partial charge in [-0.05, 0) is 30.3 Å². The van der Waals surface area contributed by atoms with Gasteiger partial charge in [0, 0.05) is 54.3 Å². The van der Waals surface area contributed by atoms with Crippen molar-refractivity contribution < 1.29 is 18.9 Å². The van der Waals surface area contributed by atoms with Crippen LogP contribution in [0.5, 0.6) is 0 Å². The van der Waals surface area contributed by atoms with Gasteiger partial charge in [-0.25, -0.2) is 4.57 Å². The molecule has 164 valence electrons. The Bertz CT molecular complexity index is 1130. The van der Waals surface area contributed by atoms with Crippen LogP contribution in [0.2, 0.25) is 0 Å². The summed E-state index contributed by atoms with van der Waals surface area (Å²) in [5.41, 5.74) is 3.57. The summed E-state index contributed by atoms with van der Waals surface area (Å²) >= 11 is 0. The molecule has 1 aromatic heterocycles. The van der Waals surface area contributed by atoms with Gasteiger partial charge < -0.3 is 4.48 Å². The second-order valence-electron chi connectivity index (χ2n) is 8.68. The molecule has 0 saturated carbocycles. The maximum absolute atomic E-state index is 10.9. The van der Waals surface area contributed by atoms with Gasteiger partial charge in [0.15, 0.2) is 18.9 Å². The van der Waals surface area contributed by atoms with Gasteiger partial charge in [-0.3, -0.25) is 20.2 Å². The van der Waals surface area contributed by atoms with E-state index in [4.69, 9.17) is 0 Å². The van der Waals surface area contributed by atoms with Crippen LogP contribution in [0.25, 0.3) is 0 Å². The van der Waals surface area contributed by atoms with Crippen LogP contribution in [0.4, 0.5) is 11.4 Å². The summed E-state index contributed by atoms with van der Waals surface area (Å²) in [6.45, 7) is 2.52. The lowest BCUT2D eigenvalue weighted by Gasteiger charge is -2.36. The summed E-state index contributed by atoms with van der Waals surface area (Å²) in [5.74, 6) is 0. The second-order valence-corrected chi connectivity index (χ2v) is 8.68. The van der Waals surface area contributed by atoms with Gasteiger partial charge in [0.25, 0.3) is 11.4 Å². The zero-order valence-electron chi connectivity index (χ0n) is 18.0. The zero-order valence-corrected chi connectivity index (χ0v) is 18.0. The van der Waals surface area contributed by atoms with E-state index in [0.29, 0.717) is 12.6 Å². The number of nitro benzene ring substituents is 2. The number of non-ortho nitro benzene ring substituents is 2. The highest BCUT2D eigenvalue weighted by Gasteiger charge is 2.40. The lowest BCUT2D eigenvalue weighted by atomic mass is 10.0. The fourth-order valence-corrected chi connectivity index (χ4v) is 4.74. The number of hydrogen-bond acceptors (Lipinski definition) is 4. The minimum atomic E-state index is -0.388. The van der Waals surface area contributed by atoms with E-state index in [2.05, 4.69) is 29.9 Å². The van der Waals surface area contributed by atoms with Crippen LogP contribution in [0, 0.1) is 20.2 Å². The van der Waals surface area contributed by atoms with Gasteiger partial charge in [0.1, 0.15) is 12.6 Å². The molecule has 1 saturated heterocycles. The molecule has 1 aliphatic heterocycles. The molecular formula is C24H26N4O4+2. The number of quaternary nitrogens is 1. The predicted octanol–water partition coefficient (Wildman–Crippen LogP) is 4.32. The van der Waals surface area contributed by atoms with Crippen LogP contribution >= 0.6 is 0 Å². The SMILES string of the molecule is C[N+]1(Cc2ccc([N+](=O)[O-])cc2)CCC[C@H]1c1ccc[n+](Cc2ccc([N+](=O)[O-])cc2)c1. The van der Waals surface area contributed by atoms with Crippen molar-refractivity contribution in [2.24, 2.45) is 0 Å². The number of benzene rings is 2. The minimum Gasteiger partial charge on any atom is -0.316 e. The van der Waals surface area contributed by atoms with Gasteiger partial charge in [0.2, 0.25) is 0 Å². The summed E-state index contributed by atoms with van der Waals surface area (Å²) < 4.78 is 2.98. The molecule has 0 spiro atoms. The molecule has 2 atom stereocenters. The van der Waals surface area contributed by atoms with E-state index in [1.165, 1.54) is 17.7 Å². The van der Waals surface area contributed by atoms with Crippen LogP contribution in [-0.4, -0.2) is 27.9 Å². The molecule has 0 bridgehead atoms. The van der Waals surface area contributed by atoms with E-state index in [1.807, 2.05) is 18.3 Å². The molecule has 0 amide bonds. The summed E-state index contributed by atoms with van der Waals surface area (Å²) in [4.78, 5) is 21.0. The molecule has 3 aromatic rings. The molecular weight excluding hydrogens is 408 g/mol. The number of pyridine rings is 1. The van der Waals surface area contributed by atoms with E-state index >= 15 is 0 Å². The standard InChI is InChI=1S/C24H26N4O4/c1-28(18-20-8-12-23(13-9-20)27(31)32)15-3-5-24(28)21-4-2-14-25(17-21)16-19-6-10-22(11-7-19)26(29)30/h2,4,6-14,17,24H,3,5,15-16,18H2,1H3/q+2/t24-,28?/m0/s1. The van der Waals surface area contributed by atoms with Crippen molar-refractivity contribution in [3.63, 3.8) is 0 Å². The van der Waals surface area contributed by atoms with Crippen molar-refractivity contribution >= 4 is 11.4 Å². The summed E-state index contributed by atoms with van der Waals surface area (Å²) in [6, 6.07) is 18.1. The normalized spacial score (nSPS) is 20.2. The average molecular weight is 434 g/mol. The van der Waals surface area contributed by atoms with E-state index in [9.17, 15) is 20.2 Å². The Morgan fingerprint density at radius 3 is 2.12 bits per heavy atom. The Hall–Kier alpha value is -3.65. The number of aromatic nitrogens is 1. The fourth-order valence-electron chi connectivity index (χ4n) is 4.74. The van der Waals surface area contributed by atoms with E-state index in [0.717, 1.165) is 41.5 Å². The van der Waals surface area contributed by atoms with Crippen molar-refractivity contribution in [3.8, 4) is 0 Å². The summed E-state index contributed by atoms with van der Waals surface area (Å²) in [5, 5.41) is 21.8. The molecule has 8 heteroatoms. The molecule has 0 aliphatic carbocycles. The maximum atomic E-state index is 10.9. The van der Waals surface area contributed by atoms with Crippen molar-refractivity contribution in [3.05, 3.63) is 110 Å². The van der Waals surface area contributed by atoms with Crippen LogP contribution in [0.1, 0.15) is 35.6 Å². The first-order chi connectivity index (χ1) is 15.3. The second kappa shape index (κ2) is 8.84. The third-order valence-corrected chi connectivity index (χ3v) is 6.37. The molecule has 1 aliphatic rings. The van der Waals surface area contributed by atoms with Gasteiger partial charge in [-0.15, -0.1) is 0 Å². The van der Waals surface area contributed by atoms with E-state index < -0.39 is 0 Å². The molecule has 2 heterocycles. The number of likely N-dealkylation sites (tertiary alicyclic amines) is 1. The highest BCUT2D eigenvalue weighted by Crippen LogP contribution is 2.39. The number of nitrogens with zero attached hydrogens (tertiary/aromatic N) is 4. The Balaban J connectivity index is 1.52. The van der Waals surface area contributed by atoms with Gasteiger partial charge in [0.05, 0.1) is 29.0 Å². The smallest absolute Gasteiger partial charge is 0.269 e. The van der Waals surface area contributed by atoms with Gasteiger partial charge in [-0.2, -0.15) is 0 Å².